The van der Waals surface area contributed by atoms with E-state index in [0.717, 1.165) is 16.2 Å². The molecule has 8 nitrogen and oxygen atoms in total. The molecule has 4 rings (SSSR count). The third kappa shape index (κ3) is 5.50. The maximum absolute atomic E-state index is 13.1. The molecule has 184 valence electrons. The number of amides is 4. The zero-order valence-corrected chi connectivity index (χ0v) is 20.4. The molecule has 1 saturated heterocycles. The molecule has 3 aromatic rings. The van der Waals surface area contributed by atoms with Gasteiger partial charge in [-0.2, -0.15) is 0 Å². The first-order valence-electron chi connectivity index (χ1n) is 11.0. The van der Waals surface area contributed by atoms with Crippen LogP contribution in [0.1, 0.15) is 11.1 Å². The summed E-state index contributed by atoms with van der Waals surface area (Å²) in [6.45, 7) is 2.38. The van der Waals surface area contributed by atoms with Crippen LogP contribution in [0, 0.1) is 6.92 Å². The number of imide groups is 2. The Balaban J connectivity index is 1.54. The Bertz CT molecular complexity index is 1320. The van der Waals surface area contributed by atoms with Crippen LogP contribution in [0.5, 0.6) is 17.2 Å². The van der Waals surface area contributed by atoms with Gasteiger partial charge in [0.2, 0.25) is 0 Å². The van der Waals surface area contributed by atoms with Crippen LogP contribution in [0.2, 0.25) is 5.02 Å². The minimum Gasteiger partial charge on any atom is -0.493 e. The summed E-state index contributed by atoms with van der Waals surface area (Å²) in [4.78, 5) is 38.9. The molecule has 0 aromatic heterocycles. The molecule has 3 aromatic carbocycles. The minimum atomic E-state index is -0.817. The molecule has 1 fully saturated rings. The highest BCUT2D eigenvalue weighted by molar-refractivity contribution is 6.39. The van der Waals surface area contributed by atoms with Crippen LogP contribution in [0.15, 0.2) is 72.3 Å². The number of ether oxygens (including phenoxy) is 3. The first kappa shape index (κ1) is 24.8. The number of nitrogens with zero attached hydrogens (tertiary/aromatic N) is 1. The normalized spacial score (nSPS) is 14.6. The lowest BCUT2D eigenvalue weighted by atomic mass is 10.1. The first-order valence-corrected chi connectivity index (χ1v) is 11.4. The standard InChI is InChI=1S/C27H23ClN2O6/c1-17-8-10-19(11-9-17)30-26(32)21(25(31)29-27(30)33)14-18-15-22(28)24(23(16-18)34-2)36-13-12-35-20-6-4-3-5-7-20/h3-11,14-16H,12-13H2,1-2H3,(H,29,31,33)/b21-14+. The largest absolute Gasteiger partial charge is 0.493 e. The van der Waals surface area contributed by atoms with Crippen molar-refractivity contribution in [3.8, 4) is 17.2 Å². The molecule has 0 spiro atoms. The van der Waals surface area contributed by atoms with Gasteiger partial charge >= 0.3 is 6.03 Å². The lowest BCUT2D eigenvalue weighted by Crippen LogP contribution is -2.54. The molecule has 36 heavy (non-hydrogen) atoms. The van der Waals surface area contributed by atoms with Gasteiger partial charge in [-0.3, -0.25) is 14.9 Å². The summed E-state index contributed by atoms with van der Waals surface area (Å²) in [6, 6.07) is 18.4. The monoisotopic (exact) mass is 506 g/mol. The second kappa shape index (κ2) is 11.0. The van der Waals surface area contributed by atoms with Crippen molar-refractivity contribution in [1.29, 1.82) is 0 Å². The molecule has 1 aliphatic rings. The van der Waals surface area contributed by atoms with Crippen molar-refractivity contribution >= 4 is 41.2 Å². The zero-order chi connectivity index (χ0) is 25.7. The van der Waals surface area contributed by atoms with Crippen LogP contribution in [-0.2, 0) is 9.59 Å². The van der Waals surface area contributed by atoms with Crippen LogP contribution in [0.3, 0.4) is 0 Å². The van der Waals surface area contributed by atoms with E-state index in [4.69, 9.17) is 25.8 Å². The predicted molar refractivity (Wildman–Crippen MR) is 136 cm³/mol. The third-order valence-corrected chi connectivity index (χ3v) is 5.58. The molecule has 0 unspecified atom stereocenters. The number of carbonyl (C=O) groups excluding carboxylic acids is 3. The van der Waals surface area contributed by atoms with E-state index in [1.807, 2.05) is 37.3 Å². The van der Waals surface area contributed by atoms with Crippen molar-refractivity contribution in [2.75, 3.05) is 25.2 Å². The Morgan fingerprint density at radius 3 is 2.33 bits per heavy atom. The fourth-order valence-corrected chi connectivity index (χ4v) is 3.81. The van der Waals surface area contributed by atoms with E-state index < -0.39 is 17.8 Å². The van der Waals surface area contributed by atoms with Gasteiger partial charge in [0, 0.05) is 0 Å². The number of rotatable bonds is 8. The van der Waals surface area contributed by atoms with Gasteiger partial charge in [0.05, 0.1) is 17.8 Å². The number of nitrogens with one attached hydrogen (secondary N) is 1. The van der Waals surface area contributed by atoms with E-state index in [0.29, 0.717) is 22.7 Å². The van der Waals surface area contributed by atoms with Crippen molar-refractivity contribution < 1.29 is 28.6 Å². The molecule has 9 heteroatoms. The van der Waals surface area contributed by atoms with E-state index in [1.54, 1.807) is 30.3 Å². The number of barbiturate groups is 1. The third-order valence-electron chi connectivity index (χ3n) is 5.30. The Labute approximate surface area is 213 Å². The molecule has 0 radical (unpaired) electrons. The lowest BCUT2D eigenvalue weighted by Gasteiger charge is -2.26. The van der Waals surface area contributed by atoms with Gasteiger partial charge in [-0.25, -0.2) is 9.69 Å². The van der Waals surface area contributed by atoms with Crippen LogP contribution in [0.4, 0.5) is 10.5 Å². The topological polar surface area (TPSA) is 94.2 Å². The minimum absolute atomic E-state index is 0.208. The highest BCUT2D eigenvalue weighted by atomic mass is 35.5. The molecular weight excluding hydrogens is 484 g/mol. The number of carbonyl (C=O) groups is 3. The summed E-state index contributed by atoms with van der Waals surface area (Å²) >= 11 is 6.44. The number of hydrogen-bond acceptors (Lipinski definition) is 6. The molecule has 1 aliphatic heterocycles. The average molecular weight is 507 g/mol. The molecule has 0 bridgehead atoms. The van der Waals surface area contributed by atoms with Gasteiger partial charge < -0.3 is 14.2 Å². The lowest BCUT2D eigenvalue weighted by molar-refractivity contribution is -0.122. The Morgan fingerprint density at radius 1 is 0.944 bits per heavy atom. The number of para-hydroxylation sites is 1. The van der Waals surface area contributed by atoms with Crippen LogP contribution < -0.4 is 24.4 Å². The highest BCUT2D eigenvalue weighted by Gasteiger charge is 2.36. The van der Waals surface area contributed by atoms with Gasteiger partial charge in [-0.1, -0.05) is 47.5 Å². The average Bonchev–Trinajstić information content (AvgIpc) is 2.86. The quantitative estimate of drug-likeness (QED) is 0.268. The molecule has 1 heterocycles. The maximum atomic E-state index is 13.1. The number of urea groups is 1. The summed E-state index contributed by atoms with van der Waals surface area (Å²) in [7, 11) is 1.45. The zero-order valence-electron chi connectivity index (χ0n) is 19.6. The van der Waals surface area contributed by atoms with E-state index in [9.17, 15) is 14.4 Å². The number of halogens is 1. The maximum Gasteiger partial charge on any atom is 0.335 e. The first-order chi connectivity index (χ1) is 17.4. The number of aryl methyl sites for hydroxylation is 1. The molecule has 4 amide bonds. The van der Waals surface area contributed by atoms with Crippen LogP contribution in [0.25, 0.3) is 6.08 Å². The van der Waals surface area contributed by atoms with Gasteiger partial charge in [-0.15, -0.1) is 0 Å². The highest BCUT2D eigenvalue weighted by Crippen LogP contribution is 2.37. The Morgan fingerprint density at radius 2 is 1.64 bits per heavy atom. The summed E-state index contributed by atoms with van der Waals surface area (Å²) in [5.41, 5.74) is 1.50. The van der Waals surface area contributed by atoms with Gasteiger partial charge in [-0.05, 0) is 55.0 Å². The second-order valence-corrected chi connectivity index (χ2v) is 8.24. The second-order valence-electron chi connectivity index (χ2n) is 7.84. The van der Waals surface area contributed by atoms with E-state index >= 15 is 0 Å². The molecule has 1 N–H and O–H groups in total. The van der Waals surface area contributed by atoms with Gasteiger partial charge in [0.1, 0.15) is 24.5 Å². The fraction of sp³-hybridized carbons (Fsp3) is 0.148. The number of anilines is 1. The summed E-state index contributed by atoms with van der Waals surface area (Å²) < 4.78 is 16.8. The SMILES string of the molecule is COc1cc(/C=C2\C(=O)NC(=O)N(c3ccc(C)cc3)C2=O)cc(Cl)c1OCCOc1ccccc1. The fourth-order valence-electron chi connectivity index (χ4n) is 3.54. The van der Waals surface area contributed by atoms with Gasteiger partial charge in [0.25, 0.3) is 11.8 Å². The number of methoxy groups -OCH3 is 1. The van der Waals surface area contributed by atoms with Crippen molar-refractivity contribution in [3.63, 3.8) is 0 Å². The van der Waals surface area contributed by atoms with Crippen molar-refractivity contribution in [3.05, 3.63) is 88.5 Å². The molecular formula is C27H23ClN2O6. The number of hydrogen-bond donors (Lipinski definition) is 1. The summed E-state index contributed by atoms with van der Waals surface area (Å²) in [5.74, 6) is -0.226. The summed E-state index contributed by atoms with van der Waals surface area (Å²) in [6.07, 6.45) is 1.35. The number of benzene rings is 3. The van der Waals surface area contributed by atoms with Crippen molar-refractivity contribution in [1.82, 2.24) is 5.32 Å². The smallest absolute Gasteiger partial charge is 0.335 e. The van der Waals surface area contributed by atoms with Crippen LogP contribution >= 0.6 is 11.6 Å². The van der Waals surface area contributed by atoms with E-state index in [1.165, 1.54) is 19.3 Å². The predicted octanol–water partition coefficient (Wildman–Crippen LogP) is 4.78. The Hall–Kier alpha value is -4.30. The Kier molecular flexibility index (Phi) is 7.56. The molecule has 0 saturated carbocycles. The van der Waals surface area contributed by atoms with Crippen LogP contribution in [-0.4, -0.2) is 38.2 Å². The summed E-state index contributed by atoms with van der Waals surface area (Å²) in [5, 5.41) is 2.42. The van der Waals surface area contributed by atoms with E-state index in [-0.39, 0.29) is 23.8 Å². The molecule has 0 aliphatic carbocycles. The molecule has 0 atom stereocenters. The van der Waals surface area contributed by atoms with Crippen molar-refractivity contribution in [2.45, 2.75) is 6.92 Å². The van der Waals surface area contributed by atoms with Gasteiger partial charge in [0.15, 0.2) is 11.5 Å². The van der Waals surface area contributed by atoms with Crippen molar-refractivity contribution in [2.24, 2.45) is 0 Å². The van der Waals surface area contributed by atoms with E-state index in [2.05, 4.69) is 5.32 Å².